The number of ether oxygens (including phenoxy) is 2. The second kappa shape index (κ2) is 10.7. The average molecular weight is 384 g/mol. The molecule has 148 valence electrons. The quantitative estimate of drug-likeness (QED) is 0.705. The minimum Gasteiger partial charge on any atom is -0.468 e. The van der Waals surface area contributed by atoms with E-state index in [1.54, 1.807) is 0 Å². The van der Waals surface area contributed by atoms with Gasteiger partial charge in [0, 0.05) is 13.5 Å². The predicted octanol–water partition coefficient (Wildman–Crippen LogP) is 2.16. The second-order valence-corrected chi connectivity index (χ2v) is 6.22. The van der Waals surface area contributed by atoms with E-state index in [0.717, 1.165) is 11.1 Å². The van der Waals surface area contributed by atoms with Crippen LogP contribution in [0.3, 0.4) is 0 Å². The molecule has 0 fully saturated rings. The first-order valence-corrected chi connectivity index (χ1v) is 8.82. The van der Waals surface area contributed by atoms with E-state index in [1.807, 2.05) is 60.7 Å². The van der Waals surface area contributed by atoms with Crippen molar-refractivity contribution in [3.63, 3.8) is 0 Å². The van der Waals surface area contributed by atoms with Crippen LogP contribution in [0.2, 0.25) is 0 Å². The summed E-state index contributed by atoms with van der Waals surface area (Å²) in [5.74, 6) is -0.952. The third-order valence-electron chi connectivity index (χ3n) is 4.06. The topological polar surface area (TPSA) is 84.9 Å². The molecule has 7 heteroatoms. The molecule has 0 aromatic heterocycles. The third-order valence-corrected chi connectivity index (χ3v) is 4.06. The molecule has 2 aromatic carbocycles. The molecule has 0 bridgehead atoms. The van der Waals surface area contributed by atoms with Gasteiger partial charge in [-0.05, 0) is 11.1 Å². The molecule has 2 rings (SSSR count). The van der Waals surface area contributed by atoms with Crippen LogP contribution in [0.25, 0.3) is 0 Å². The maximum absolute atomic E-state index is 12.8. The Labute approximate surface area is 164 Å². The number of likely N-dealkylation sites (N-methyl/N-ethyl adjacent to an activating group) is 1. The van der Waals surface area contributed by atoms with E-state index in [2.05, 4.69) is 10.1 Å². The zero-order chi connectivity index (χ0) is 20.4. The summed E-state index contributed by atoms with van der Waals surface area (Å²) in [6.07, 6.45) is -0.435. The lowest BCUT2D eigenvalue weighted by Gasteiger charge is -2.23. The smallest absolute Gasteiger partial charge is 0.408 e. The summed E-state index contributed by atoms with van der Waals surface area (Å²) in [4.78, 5) is 37.7. The Morgan fingerprint density at radius 1 is 0.964 bits per heavy atom. The fourth-order valence-electron chi connectivity index (χ4n) is 2.56. The maximum atomic E-state index is 12.8. The van der Waals surface area contributed by atoms with Crippen molar-refractivity contribution in [2.24, 2.45) is 0 Å². The van der Waals surface area contributed by atoms with Crippen molar-refractivity contribution in [1.82, 2.24) is 10.2 Å². The first kappa shape index (κ1) is 21.0. The fourth-order valence-corrected chi connectivity index (χ4v) is 2.56. The summed E-state index contributed by atoms with van der Waals surface area (Å²) >= 11 is 0. The van der Waals surface area contributed by atoms with Gasteiger partial charge in [0.2, 0.25) is 5.91 Å². The maximum Gasteiger partial charge on any atom is 0.408 e. The van der Waals surface area contributed by atoms with Crippen molar-refractivity contribution in [1.29, 1.82) is 0 Å². The molecule has 0 aliphatic heterocycles. The molecule has 0 saturated carbocycles. The first-order chi connectivity index (χ1) is 13.5. The number of alkyl carbamates (subject to hydrolysis) is 1. The largest absolute Gasteiger partial charge is 0.468 e. The molecule has 2 aromatic rings. The molecular formula is C21H24N2O5. The monoisotopic (exact) mass is 384 g/mol. The van der Waals surface area contributed by atoms with Crippen molar-refractivity contribution in [3.8, 4) is 0 Å². The molecule has 28 heavy (non-hydrogen) atoms. The molecule has 0 heterocycles. The number of rotatable bonds is 8. The summed E-state index contributed by atoms with van der Waals surface area (Å²) in [6.45, 7) is -0.113. The van der Waals surface area contributed by atoms with Gasteiger partial charge >= 0.3 is 12.1 Å². The lowest BCUT2D eigenvalue weighted by Crippen LogP contribution is -2.49. The van der Waals surface area contributed by atoms with Gasteiger partial charge in [-0.1, -0.05) is 60.7 Å². The van der Waals surface area contributed by atoms with Gasteiger partial charge in [-0.2, -0.15) is 0 Å². The number of carbonyl (C=O) groups excluding carboxylic acids is 3. The van der Waals surface area contributed by atoms with E-state index in [1.165, 1.54) is 19.1 Å². The van der Waals surface area contributed by atoms with Crippen LogP contribution in [0.4, 0.5) is 4.79 Å². The Morgan fingerprint density at radius 2 is 1.54 bits per heavy atom. The van der Waals surface area contributed by atoms with Gasteiger partial charge in [-0.3, -0.25) is 9.59 Å². The lowest BCUT2D eigenvalue weighted by atomic mass is 10.1. The zero-order valence-corrected chi connectivity index (χ0v) is 16.0. The van der Waals surface area contributed by atoms with E-state index in [-0.39, 0.29) is 19.6 Å². The molecule has 0 radical (unpaired) electrons. The minimum absolute atomic E-state index is 0.0942. The Hall–Kier alpha value is -3.35. The van der Waals surface area contributed by atoms with Crippen LogP contribution in [0.15, 0.2) is 60.7 Å². The summed E-state index contributed by atoms with van der Waals surface area (Å²) in [5, 5.41) is 2.60. The molecule has 0 saturated heterocycles. The highest BCUT2D eigenvalue weighted by atomic mass is 16.5. The third kappa shape index (κ3) is 6.75. The first-order valence-electron chi connectivity index (χ1n) is 8.82. The molecule has 7 nitrogen and oxygen atoms in total. The van der Waals surface area contributed by atoms with E-state index in [4.69, 9.17) is 4.74 Å². The van der Waals surface area contributed by atoms with Crippen molar-refractivity contribution >= 4 is 18.0 Å². The van der Waals surface area contributed by atoms with Crippen LogP contribution in [0.5, 0.6) is 0 Å². The van der Waals surface area contributed by atoms with Gasteiger partial charge in [-0.15, -0.1) is 0 Å². The van der Waals surface area contributed by atoms with Gasteiger partial charge < -0.3 is 19.7 Å². The number of carbonyl (C=O) groups is 3. The molecule has 0 aliphatic rings. The standard InChI is InChI=1S/C21H24N2O5/c1-23(14-19(24)27-2)20(25)18(13-16-9-5-3-6-10-16)22-21(26)28-15-17-11-7-4-8-12-17/h3-12,18H,13-15H2,1-2H3,(H,22,26)/t18-/m0/s1. The normalized spacial score (nSPS) is 11.2. The van der Waals surface area contributed by atoms with Crippen LogP contribution in [0.1, 0.15) is 11.1 Å². The summed E-state index contributed by atoms with van der Waals surface area (Å²) in [7, 11) is 2.73. The average Bonchev–Trinajstić information content (AvgIpc) is 2.72. The number of hydrogen-bond acceptors (Lipinski definition) is 5. The van der Waals surface area contributed by atoms with Crippen LogP contribution in [0, 0.1) is 0 Å². The van der Waals surface area contributed by atoms with E-state index in [0.29, 0.717) is 0 Å². The molecule has 0 spiro atoms. The van der Waals surface area contributed by atoms with Gasteiger partial charge in [-0.25, -0.2) is 4.79 Å². The number of nitrogens with zero attached hydrogens (tertiary/aromatic N) is 1. The van der Waals surface area contributed by atoms with Crippen LogP contribution >= 0.6 is 0 Å². The van der Waals surface area contributed by atoms with Crippen molar-refractivity contribution in [2.75, 3.05) is 20.7 Å². The van der Waals surface area contributed by atoms with E-state index >= 15 is 0 Å². The highest BCUT2D eigenvalue weighted by Gasteiger charge is 2.26. The fraction of sp³-hybridized carbons (Fsp3) is 0.286. The Balaban J connectivity index is 2.03. The van der Waals surface area contributed by atoms with Gasteiger partial charge in [0.15, 0.2) is 0 Å². The Morgan fingerprint density at radius 3 is 2.11 bits per heavy atom. The van der Waals surface area contributed by atoms with E-state index < -0.39 is 24.0 Å². The van der Waals surface area contributed by atoms with Gasteiger partial charge in [0.25, 0.3) is 0 Å². The number of benzene rings is 2. The second-order valence-electron chi connectivity index (χ2n) is 6.22. The lowest BCUT2D eigenvalue weighted by molar-refractivity contribution is -0.146. The Bertz CT molecular complexity index is 780. The van der Waals surface area contributed by atoms with Crippen LogP contribution < -0.4 is 5.32 Å². The number of nitrogens with one attached hydrogen (secondary N) is 1. The highest BCUT2D eigenvalue weighted by molar-refractivity contribution is 5.88. The summed E-state index contributed by atoms with van der Waals surface area (Å²) < 4.78 is 9.81. The number of methoxy groups -OCH3 is 1. The predicted molar refractivity (Wildman–Crippen MR) is 103 cm³/mol. The molecule has 0 aliphatic carbocycles. The molecule has 1 N–H and O–H groups in total. The number of amides is 2. The van der Waals surface area contributed by atoms with Crippen LogP contribution in [-0.2, 0) is 32.1 Å². The summed E-state index contributed by atoms with van der Waals surface area (Å²) in [6, 6.07) is 17.6. The zero-order valence-electron chi connectivity index (χ0n) is 16.0. The SMILES string of the molecule is COC(=O)CN(C)C(=O)[C@H](Cc1ccccc1)NC(=O)OCc1ccccc1. The summed E-state index contributed by atoms with van der Waals surface area (Å²) in [5.41, 5.74) is 1.71. The van der Waals surface area contributed by atoms with Gasteiger partial charge in [0.05, 0.1) is 7.11 Å². The molecular weight excluding hydrogens is 360 g/mol. The minimum atomic E-state index is -0.875. The van der Waals surface area contributed by atoms with E-state index in [9.17, 15) is 14.4 Å². The van der Waals surface area contributed by atoms with Crippen molar-refractivity contribution in [2.45, 2.75) is 19.1 Å². The highest BCUT2D eigenvalue weighted by Crippen LogP contribution is 2.07. The molecule has 2 amide bonds. The Kier molecular flexibility index (Phi) is 8.02. The molecule has 0 unspecified atom stereocenters. The number of hydrogen-bond donors (Lipinski definition) is 1. The van der Waals surface area contributed by atoms with Crippen molar-refractivity contribution < 1.29 is 23.9 Å². The van der Waals surface area contributed by atoms with Gasteiger partial charge in [0.1, 0.15) is 19.2 Å². The van der Waals surface area contributed by atoms with Crippen LogP contribution in [-0.4, -0.2) is 49.6 Å². The molecule has 1 atom stereocenters. The number of esters is 1. The van der Waals surface area contributed by atoms with Crippen molar-refractivity contribution in [3.05, 3.63) is 71.8 Å².